The summed E-state index contributed by atoms with van der Waals surface area (Å²) in [6.45, 7) is 17.0. The number of nitrogens with zero attached hydrogens (tertiary/aromatic N) is 3. The maximum Gasteiger partial charge on any atom is 0.160 e. The standard InChI is InChI=1S/C26H45N3O/c1-17(2)21-10-8-19(5)12-23(21)26(7,25(30)14-29-16-27-15-28-29)24-13-20(6)9-11-22(24)18(3)4/h15-24H,8-14H2,1-7H3. The molecule has 1 aromatic rings. The highest BCUT2D eigenvalue weighted by Gasteiger charge is 2.54. The van der Waals surface area contributed by atoms with Crippen LogP contribution < -0.4 is 0 Å². The molecule has 6 atom stereocenters. The van der Waals surface area contributed by atoms with E-state index in [-0.39, 0.29) is 5.41 Å². The van der Waals surface area contributed by atoms with E-state index < -0.39 is 0 Å². The molecule has 4 heteroatoms. The lowest BCUT2D eigenvalue weighted by Gasteiger charge is -2.54. The zero-order chi connectivity index (χ0) is 22.1. The Bertz CT molecular complexity index is 648. The van der Waals surface area contributed by atoms with Gasteiger partial charge >= 0.3 is 0 Å². The quantitative estimate of drug-likeness (QED) is 0.527. The van der Waals surface area contributed by atoms with Crippen molar-refractivity contribution in [2.45, 2.75) is 93.5 Å². The van der Waals surface area contributed by atoms with E-state index in [1.807, 2.05) is 0 Å². The number of hydrogen-bond donors (Lipinski definition) is 0. The van der Waals surface area contributed by atoms with E-state index in [0.29, 0.717) is 59.7 Å². The molecule has 170 valence electrons. The van der Waals surface area contributed by atoms with Gasteiger partial charge in [-0.15, -0.1) is 0 Å². The predicted octanol–water partition coefficient (Wildman–Crippen LogP) is 6.27. The second kappa shape index (κ2) is 9.53. The van der Waals surface area contributed by atoms with Crippen LogP contribution >= 0.6 is 0 Å². The molecule has 2 aliphatic rings. The fourth-order valence-electron chi connectivity index (χ4n) is 7.10. The second-order valence-electron chi connectivity index (χ2n) is 11.7. The molecule has 0 N–H and O–H groups in total. The summed E-state index contributed by atoms with van der Waals surface area (Å²) in [6.07, 6.45) is 10.8. The zero-order valence-electron chi connectivity index (χ0n) is 20.5. The van der Waals surface area contributed by atoms with Crippen molar-refractivity contribution in [1.82, 2.24) is 14.8 Å². The second-order valence-corrected chi connectivity index (χ2v) is 11.7. The van der Waals surface area contributed by atoms with Crippen LogP contribution in [0.1, 0.15) is 87.0 Å². The molecule has 0 radical (unpaired) electrons. The van der Waals surface area contributed by atoms with Crippen LogP contribution in [-0.2, 0) is 11.3 Å². The fourth-order valence-corrected chi connectivity index (χ4v) is 7.10. The largest absolute Gasteiger partial charge is 0.297 e. The first-order valence-electron chi connectivity index (χ1n) is 12.5. The van der Waals surface area contributed by atoms with Gasteiger partial charge in [0.1, 0.15) is 19.2 Å². The van der Waals surface area contributed by atoms with Gasteiger partial charge in [-0.1, -0.05) is 61.3 Å². The van der Waals surface area contributed by atoms with Crippen molar-refractivity contribution >= 4 is 5.78 Å². The van der Waals surface area contributed by atoms with Gasteiger partial charge in [-0.25, -0.2) is 9.67 Å². The van der Waals surface area contributed by atoms with Crippen LogP contribution in [0.4, 0.5) is 0 Å². The highest BCUT2D eigenvalue weighted by Crippen LogP contribution is 2.57. The third kappa shape index (κ3) is 4.67. The molecule has 1 heterocycles. The minimum Gasteiger partial charge on any atom is -0.297 e. The third-order valence-electron chi connectivity index (χ3n) is 8.96. The Hall–Kier alpha value is -1.19. The topological polar surface area (TPSA) is 47.8 Å². The Morgan fingerprint density at radius 2 is 1.47 bits per heavy atom. The number of Topliss-reactive ketones (excluding diaryl/α,β-unsaturated/α-hetero) is 1. The summed E-state index contributed by atoms with van der Waals surface area (Å²) >= 11 is 0. The van der Waals surface area contributed by atoms with Crippen LogP contribution in [0.2, 0.25) is 0 Å². The van der Waals surface area contributed by atoms with E-state index in [2.05, 4.69) is 58.5 Å². The average molecular weight is 416 g/mol. The van der Waals surface area contributed by atoms with Crippen LogP contribution in [0.5, 0.6) is 0 Å². The Kier molecular flexibility index (Phi) is 7.45. The molecule has 6 unspecified atom stereocenters. The maximum absolute atomic E-state index is 14.2. The van der Waals surface area contributed by atoms with E-state index >= 15 is 0 Å². The summed E-state index contributed by atoms with van der Waals surface area (Å²) in [5.74, 6) is 5.26. The lowest BCUT2D eigenvalue weighted by Crippen LogP contribution is -2.53. The molecule has 0 spiro atoms. The number of aromatic nitrogens is 3. The monoisotopic (exact) mass is 415 g/mol. The molecule has 2 saturated carbocycles. The lowest BCUT2D eigenvalue weighted by atomic mass is 9.49. The molecule has 0 aliphatic heterocycles. The molecule has 0 amide bonds. The van der Waals surface area contributed by atoms with Crippen molar-refractivity contribution in [2.75, 3.05) is 0 Å². The smallest absolute Gasteiger partial charge is 0.160 e. The molecule has 0 aromatic carbocycles. The van der Waals surface area contributed by atoms with Crippen LogP contribution in [0.25, 0.3) is 0 Å². The number of ketones is 1. The molecule has 3 rings (SSSR count). The van der Waals surface area contributed by atoms with Crippen molar-refractivity contribution in [2.24, 2.45) is 52.8 Å². The predicted molar refractivity (Wildman–Crippen MR) is 123 cm³/mol. The van der Waals surface area contributed by atoms with E-state index in [1.165, 1.54) is 38.5 Å². The van der Waals surface area contributed by atoms with Gasteiger partial charge in [0.2, 0.25) is 0 Å². The molecule has 0 saturated heterocycles. The lowest BCUT2D eigenvalue weighted by molar-refractivity contribution is -0.147. The van der Waals surface area contributed by atoms with Gasteiger partial charge in [-0.05, 0) is 73.0 Å². The fraction of sp³-hybridized carbons (Fsp3) is 0.885. The summed E-state index contributed by atoms with van der Waals surface area (Å²) in [5, 5.41) is 4.28. The Balaban J connectivity index is 2.05. The van der Waals surface area contributed by atoms with Gasteiger partial charge in [-0.3, -0.25) is 4.79 Å². The third-order valence-corrected chi connectivity index (χ3v) is 8.96. The van der Waals surface area contributed by atoms with Crippen molar-refractivity contribution in [1.29, 1.82) is 0 Å². The van der Waals surface area contributed by atoms with E-state index in [0.717, 1.165) is 0 Å². The molecular formula is C26H45N3O. The molecule has 0 bridgehead atoms. The van der Waals surface area contributed by atoms with Crippen LogP contribution in [-0.4, -0.2) is 20.5 Å². The molecule has 1 aromatic heterocycles. The molecule has 4 nitrogen and oxygen atoms in total. The molecular weight excluding hydrogens is 370 g/mol. The highest BCUT2D eigenvalue weighted by atomic mass is 16.1. The highest BCUT2D eigenvalue weighted by molar-refractivity contribution is 5.85. The minimum absolute atomic E-state index is 0.292. The number of carbonyl (C=O) groups excluding carboxylic acids is 1. The van der Waals surface area contributed by atoms with Gasteiger partial charge in [-0.2, -0.15) is 5.10 Å². The first-order chi connectivity index (χ1) is 14.1. The zero-order valence-corrected chi connectivity index (χ0v) is 20.5. The average Bonchev–Trinajstić information content (AvgIpc) is 3.19. The summed E-state index contributed by atoms with van der Waals surface area (Å²) in [7, 11) is 0. The van der Waals surface area contributed by atoms with Gasteiger partial charge in [0.15, 0.2) is 5.78 Å². The van der Waals surface area contributed by atoms with Crippen molar-refractivity contribution in [3.63, 3.8) is 0 Å². The summed E-state index contributed by atoms with van der Waals surface area (Å²) < 4.78 is 1.74. The van der Waals surface area contributed by atoms with Crippen molar-refractivity contribution in [3.05, 3.63) is 12.7 Å². The first-order valence-corrected chi connectivity index (χ1v) is 12.5. The molecule has 2 fully saturated rings. The van der Waals surface area contributed by atoms with E-state index in [9.17, 15) is 4.79 Å². The van der Waals surface area contributed by atoms with Crippen LogP contribution in [0.3, 0.4) is 0 Å². The van der Waals surface area contributed by atoms with E-state index in [4.69, 9.17) is 0 Å². The molecule has 30 heavy (non-hydrogen) atoms. The van der Waals surface area contributed by atoms with Crippen molar-refractivity contribution < 1.29 is 4.79 Å². The summed E-state index contributed by atoms with van der Waals surface area (Å²) in [5.41, 5.74) is -0.292. The number of hydrogen-bond acceptors (Lipinski definition) is 3. The molecule has 2 aliphatic carbocycles. The van der Waals surface area contributed by atoms with Gasteiger partial charge in [0.25, 0.3) is 0 Å². The Morgan fingerprint density at radius 3 is 1.87 bits per heavy atom. The normalized spacial score (nSPS) is 34.8. The number of rotatable bonds is 7. The first kappa shape index (κ1) is 23.5. The van der Waals surface area contributed by atoms with Gasteiger partial charge < -0.3 is 0 Å². The maximum atomic E-state index is 14.2. The SMILES string of the molecule is CC1CCC(C(C)C)C(C(C)(C(=O)Cn2cncn2)C2CC(C)CCC2C(C)C)C1. The Labute approximate surface area is 184 Å². The number of carbonyl (C=O) groups is 1. The van der Waals surface area contributed by atoms with Crippen LogP contribution in [0.15, 0.2) is 12.7 Å². The van der Waals surface area contributed by atoms with Gasteiger partial charge in [0.05, 0.1) is 0 Å². The summed E-state index contributed by atoms with van der Waals surface area (Å²) in [6, 6.07) is 0. The van der Waals surface area contributed by atoms with Crippen molar-refractivity contribution in [3.8, 4) is 0 Å². The van der Waals surface area contributed by atoms with E-state index in [1.54, 1.807) is 17.3 Å². The van der Waals surface area contributed by atoms with Crippen LogP contribution in [0, 0.1) is 52.8 Å². The summed E-state index contributed by atoms with van der Waals surface area (Å²) in [4.78, 5) is 18.3. The van der Waals surface area contributed by atoms with Gasteiger partial charge in [0, 0.05) is 5.41 Å². The minimum atomic E-state index is -0.292. The Morgan fingerprint density at radius 1 is 0.967 bits per heavy atom.